The number of pyridine rings is 3. The molecule has 0 saturated heterocycles. The van der Waals surface area contributed by atoms with Gasteiger partial charge in [0.15, 0.2) is 5.65 Å². The predicted octanol–water partition coefficient (Wildman–Crippen LogP) is 19.8. The Morgan fingerprint density at radius 2 is 0.874 bits per heavy atom. The van der Waals surface area contributed by atoms with Crippen molar-refractivity contribution in [2.75, 3.05) is 0 Å². The molecule has 10 heterocycles. The van der Waals surface area contributed by atoms with Crippen molar-refractivity contribution in [3.05, 3.63) is 240 Å². The van der Waals surface area contributed by atoms with Crippen molar-refractivity contribution >= 4 is 27.9 Å². The van der Waals surface area contributed by atoms with Crippen LogP contribution >= 0.6 is 11.3 Å². The maximum absolute atomic E-state index is 4.51. The number of rotatable bonds is 0. The zero-order chi connectivity index (χ0) is 71.5. The lowest BCUT2D eigenvalue weighted by molar-refractivity contribution is 0.545. The lowest BCUT2D eigenvalue weighted by Crippen LogP contribution is -2.14. The molecule has 0 aliphatic carbocycles. The first kappa shape index (κ1) is 80.9. The zero-order valence-electron chi connectivity index (χ0n) is 62.6. The van der Waals surface area contributed by atoms with Crippen molar-refractivity contribution in [3.8, 4) is 0 Å². The molecular weight excluding hydrogens is 1190 g/mol. The third kappa shape index (κ3) is 31.2. The Kier molecular flexibility index (Phi) is 30.6. The summed E-state index contributed by atoms with van der Waals surface area (Å²) < 4.78 is 1.77. The van der Waals surface area contributed by atoms with Gasteiger partial charge in [-0.05, 0) is 65.6 Å². The normalized spacial score (nSPS) is 11.7. The largest absolute Gasteiger partial charge is 0.276 e. The van der Waals surface area contributed by atoms with Gasteiger partial charge in [-0.1, -0.05) is 229 Å². The van der Waals surface area contributed by atoms with Gasteiger partial charge in [-0.2, -0.15) is 20.4 Å². The highest BCUT2D eigenvalue weighted by Crippen LogP contribution is 2.26. The molecule has 1 aromatic carbocycles. The molecule has 0 amide bonds. The molecule has 11 aromatic rings. The highest BCUT2D eigenvalue weighted by atomic mass is 32.1. The maximum Gasteiger partial charge on any atom is 0.155 e. The molecule has 15 nitrogen and oxygen atoms in total. The van der Waals surface area contributed by atoms with E-state index in [0.717, 1.165) is 56.5 Å². The van der Waals surface area contributed by atoms with E-state index in [1.54, 1.807) is 59.2 Å². The van der Waals surface area contributed by atoms with Gasteiger partial charge in [0.2, 0.25) is 0 Å². The summed E-state index contributed by atoms with van der Waals surface area (Å²) in [7, 11) is 0. The van der Waals surface area contributed by atoms with Crippen molar-refractivity contribution in [2.24, 2.45) is 0 Å². The minimum Gasteiger partial charge on any atom is -0.276 e. The molecule has 95 heavy (non-hydrogen) atoms. The molecule has 0 aliphatic heterocycles. The van der Waals surface area contributed by atoms with E-state index in [9.17, 15) is 0 Å². The lowest BCUT2D eigenvalue weighted by atomic mass is 9.87. The molecule has 11 rings (SSSR count). The summed E-state index contributed by atoms with van der Waals surface area (Å²) in [5.74, 6) is 0.898. The van der Waals surface area contributed by atoms with E-state index in [1.807, 2.05) is 97.2 Å². The Labute approximate surface area is 574 Å². The van der Waals surface area contributed by atoms with Gasteiger partial charge >= 0.3 is 0 Å². The summed E-state index contributed by atoms with van der Waals surface area (Å²) in [4.78, 5) is 38.0. The molecule has 0 spiro atoms. The highest BCUT2D eigenvalue weighted by Gasteiger charge is 2.20. The van der Waals surface area contributed by atoms with Crippen LogP contribution in [-0.2, 0) is 48.7 Å². The number of nitrogens with one attached hydrogen (secondary N) is 1. The highest BCUT2D eigenvalue weighted by molar-refractivity contribution is 7.09. The Morgan fingerprint density at radius 1 is 0.358 bits per heavy atom. The van der Waals surface area contributed by atoms with Crippen LogP contribution in [0.1, 0.15) is 237 Å². The van der Waals surface area contributed by atoms with E-state index < -0.39 is 0 Å². The van der Waals surface area contributed by atoms with Crippen molar-refractivity contribution < 1.29 is 0 Å². The van der Waals surface area contributed by atoms with E-state index in [1.165, 1.54) is 10.6 Å². The number of hydrogen-bond acceptors (Lipinski definition) is 14. The van der Waals surface area contributed by atoms with Crippen molar-refractivity contribution in [2.45, 2.75) is 236 Å². The van der Waals surface area contributed by atoms with E-state index in [2.05, 4.69) is 306 Å². The molecule has 510 valence electrons. The van der Waals surface area contributed by atoms with Crippen LogP contribution in [0.4, 0.5) is 0 Å². The lowest BCUT2D eigenvalue weighted by Gasteiger charge is -2.18. The van der Waals surface area contributed by atoms with E-state index in [-0.39, 0.29) is 43.3 Å². The first-order chi connectivity index (χ1) is 43.9. The summed E-state index contributed by atoms with van der Waals surface area (Å²) >= 11 is 1.72. The number of benzene rings is 1. The third-order valence-electron chi connectivity index (χ3n) is 13.6. The fourth-order valence-electron chi connectivity index (χ4n) is 7.70. The second-order valence-corrected chi connectivity index (χ2v) is 33.0. The smallest absolute Gasteiger partial charge is 0.155 e. The van der Waals surface area contributed by atoms with Crippen molar-refractivity contribution in [1.29, 1.82) is 0 Å². The van der Waals surface area contributed by atoms with E-state index in [0.29, 0.717) is 5.41 Å². The summed E-state index contributed by atoms with van der Waals surface area (Å²) in [6.07, 6.45) is 23.3. The Hall–Kier alpha value is -8.37. The molecule has 0 atom stereocenters. The number of thiazole rings is 1. The van der Waals surface area contributed by atoms with Crippen LogP contribution in [0.3, 0.4) is 0 Å². The summed E-state index contributed by atoms with van der Waals surface area (Å²) in [6.45, 7) is 58.1. The van der Waals surface area contributed by atoms with Crippen LogP contribution in [-0.4, -0.2) is 74.9 Å². The van der Waals surface area contributed by atoms with Crippen LogP contribution in [0.15, 0.2) is 189 Å². The van der Waals surface area contributed by atoms with Crippen molar-refractivity contribution in [1.82, 2.24) is 74.9 Å². The number of nitrogens with zero attached hydrogens (tertiary/aromatic N) is 14. The van der Waals surface area contributed by atoms with E-state index in [4.69, 9.17) is 0 Å². The van der Waals surface area contributed by atoms with Crippen LogP contribution in [0.2, 0.25) is 0 Å². The Balaban J connectivity index is 0.000000279. The molecule has 0 radical (unpaired) electrons. The van der Waals surface area contributed by atoms with Gasteiger partial charge in [-0.15, -0.1) is 11.3 Å². The standard InChI is InChI=1S/2C10H13N3.C10H14.2C9H13N.3C8H12N2.C7H11NS/c1-10(2,3)9-4-7-5-12-13-8(7)6-11-9;1-10(2,3)8-5-7-13-9(12-8)4-6-11-13;1-10(2,3)9-7-5-4-6-8-9;2*1-9(2,3)8-6-4-5-7-10-8;1-8(2,3)7-6-9-4-5-10-7;1-8(2,3)7-9-5-4-6-10-7;1-8(2,3)7-5-4-6-9-10-7;1-7(2,3)6-8-4-5-9-6/h4-6H,1-3H3,(H,12,13);4-7H,1-3H3;4-8H,1-3H3;2*4-7H,1-3H3;3*4-6H,1-3H3;4-5H,1-3H3. The van der Waals surface area contributed by atoms with Crippen LogP contribution in [0.5, 0.6) is 0 Å². The SMILES string of the molecule is CC(C)(C)c1cc2cn[nH]c2cn1.CC(C)(C)c1ccccc1.CC(C)(C)c1ccccn1.CC(C)(C)c1ccccn1.CC(C)(C)c1cccnn1.CC(C)(C)c1ccn2nccc2n1.CC(C)(C)c1cnccn1.CC(C)(C)c1ncccn1.CC(C)(C)c1nccs1. The molecule has 1 N–H and O–H groups in total. The molecule has 0 saturated carbocycles. The van der Waals surface area contributed by atoms with Gasteiger partial charge < -0.3 is 0 Å². The first-order valence-electron chi connectivity index (χ1n) is 32.6. The third-order valence-corrected chi connectivity index (χ3v) is 14.8. The second-order valence-electron chi connectivity index (χ2n) is 32.1. The van der Waals surface area contributed by atoms with Crippen LogP contribution in [0, 0.1) is 0 Å². The van der Waals surface area contributed by atoms with Crippen LogP contribution < -0.4 is 0 Å². The molecule has 0 fully saturated rings. The van der Waals surface area contributed by atoms with Gasteiger partial charge in [-0.3, -0.25) is 30.0 Å². The van der Waals surface area contributed by atoms with Crippen LogP contribution in [0.25, 0.3) is 16.6 Å². The first-order valence-corrected chi connectivity index (χ1v) is 33.5. The molecule has 10 aromatic heterocycles. The second kappa shape index (κ2) is 35.9. The van der Waals surface area contributed by atoms with Gasteiger partial charge in [0, 0.05) is 145 Å². The predicted molar refractivity (Wildman–Crippen MR) is 398 cm³/mol. The maximum atomic E-state index is 4.51. The number of fused-ring (bicyclic) bond motifs is 2. The molecular formula is C79H113N15S. The van der Waals surface area contributed by atoms with Gasteiger partial charge in [0.1, 0.15) is 5.82 Å². The number of hydrogen-bond donors (Lipinski definition) is 1. The minimum absolute atomic E-state index is 0.0707. The Bertz CT molecular complexity index is 3330. The van der Waals surface area contributed by atoms with Gasteiger partial charge in [-0.25, -0.2) is 24.5 Å². The minimum atomic E-state index is 0.0707. The van der Waals surface area contributed by atoms with Gasteiger partial charge in [0.25, 0.3) is 0 Å². The molecule has 16 heteroatoms. The topological polar surface area (TPSA) is 188 Å². The number of aromatic amines is 1. The van der Waals surface area contributed by atoms with Crippen molar-refractivity contribution in [3.63, 3.8) is 0 Å². The average molecular weight is 1300 g/mol. The molecule has 0 aliphatic rings. The zero-order valence-corrected chi connectivity index (χ0v) is 63.4. The summed E-state index contributed by atoms with van der Waals surface area (Å²) in [5, 5.41) is 23.1. The average Bonchev–Trinajstić information content (AvgIpc) is 1.74. The number of aromatic nitrogens is 15. The quantitative estimate of drug-likeness (QED) is 0.151. The number of H-pyrrole nitrogens is 1. The summed E-state index contributed by atoms with van der Waals surface area (Å²) in [5.41, 5.74) is 11.3. The fourth-order valence-corrected chi connectivity index (χ4v) is 8.43. The Morgan fingerprint density at radius 3 is 1.24 bits per heavy atom. The van der Waals surface area contributed by atoms with E-state index >= 15 is 0 Å². The fraction of sp³-hybridized carbons (Fsp3) is 0.456. The van der Waals surface area contributed by atoms with Gasteiger partial charge in [0.05, 0.1) is 40.5 Å². The monoisotopic (exact) mass is 1300 g/mol. The summed E-state index contributed by atoms with van der Waals surface area (Å²) in [6, 6.07) is 34.3. The molecule has 0 unspecified atom stereocenters. The molecule has 0 bridgehead atoms.